The standard InChI is InChI=1S/C47H50N8O6/c1-5-39(56)51-41(27-11-7-6-8-12-27)46(58)54-19-9-13-36(54)43-48-24-35(50-43)29-15-17-31-30(21-29)25-61-38-23-32-28(22-33(31)38)16-18-34-42(32)52-44(49-34)37-14-10-20-55(37)45(57)40(26(2)3)53-47(59)60-4/h6-8,11-12,15-18,21-24,26,36-37,40-41H,5,9-10,13-14,19-20,25H2,1-4H3,(H,48,50)(H,49,52)(H,51,56)(H,53,59)/t36-,37-,40-,41+/m0/s1. The van der Waals surface area contributed by atoms with E-state index in [0.29, 0.717) is 19.7 Å². The zero-order valence-corrected chi connectivity index (χ0v) is 34.8. The number of ether oxygens (including phenoxy) is 2. The van der Waals surface area contributed by atoms with E-state index in [4.69, 9.17) is 19.4 Å². The van der Waals surface area contributed by atoms with Crippen LogP contribution in [0.1, 0.15) is 93.8 Å². The Morgan fingerprint density at radius 3 is 2.36 bits per heavy atom. The van der Waals surface area contributed by atoms with E-state index in [-0.39, 0.29) is 42.1 Å². The minimum absolute atomic E-state index is 0.123. The van der Waals surface area contributed by atoms with Crippen LogP contribution in [0.25, 0.3) is 44.2 Å². The maximum Gasteiger partial charge on any atom is 0.407 e. The number of nitrogens with one attached hydrogen (secondary N) is 4. The van der Waals surface area contributed by atoms with Crippen molar-refractivity contribution < 1.29 is 28.7 Å². The molecule has 2 fully saturated rings. The van der Waals surface area contributed by atoms with Crippen LogP contribution in [0.5, 0.6) is 5.75 Å². The lowest BCUT2D eigenvalue weighted by molar-refractivity contribution is -0.137. The van der Waals surface area contributed by atoms with E-state index in [1.807, 2.05) is 66.2 Å². The number of H-pyrrole nitrogens is 2. The molecule has 4 N–H and O–H groups in total. The third-order valence-electron chi connectivity index (χ3n) is 12.4. The molecule has 6 aromatic rings. The summed E-state index contributed by atoms with van der Waals surface area (Å²) in [5.74, 6) is 1.62. The molecule has 3 aliphatic rings. The van der Waals surface area contributed by atoms with Gasteiger partial charge in [0, 0.05) is 30.5 Å². The molecule has 14 heteroatoms. The summed E-state index contributed by atoms with van der Waals surface area (Å²) < 4.78 is 11.2. The molecule has 3 aliphatic heterocycles. The van der Waals surface area contributed by atoms with Crippen molar-refractivity contribution in [3.63, 3.8) is 0 Å². The summed E-state index contributed by atoms with van der Waals surface area (Å²) in [6, 6.07) is 22.1. The van der Waals surface area contributed by atoms with Crippen molar-refractivity contribution in [2.75, 3.05) is 20.2 Å². The van der Waals surface area contributed by atoms with Gasteiger partial charge in [0.2, 0.25) is 17.7 Å². The van der Waals surface area contributed by atoms with E-state index in [1.54, 1.807) is 6.92 Å². The second-order valence-corrected chi connectivity index (χ2v) is 16.5. The smallest absolute Gasteiger partial charge is 0.407 e. The molecule has 4 atom stereocenters. The molecule has 0 saturated carbocycles. The predicted molar refractivity (Wildman–Crippen MR) is 230 cm³/mol. The first-order chi connectivity index (χ1) is 29.6. The fourth-order valence-corrected chi connectivity index (χ4v) is 9.15. The minimum Gasteiger partial charge on any atom is -0.488 e. The number of fused-ring (bicyclic) bond motifs is 6. The summed E-state index contributed by atoms with van der Waals surface area (Å²) in [5, 5.41) is 7.63. The van der Waals surface area contributed by atoms with E-state index < -0.39 is 18.2 Å². The zero-order chi connectivity index (χ0) is 42.4. The SMILES string of the molecule is CCC(=O)N[C@@H](C(=O)N1CCC[C@H]1c1ncc(-c2ccc3c(c2)COc2cc4c(ccc5[nH]c([C@@H]6CCCN6C(=O)[C@@H](NC(=O)OC)C(C)C)nc54)cc2-3)[nH]1)c1ccccc1. The number of likely N-dealkylation sites (tertiary alicyclic amines) is 2. The third kappa shape index (κ3) is 7.44. The number of hydrogen-bond acceptors (Lipinski definition) is 8. The molecule has 0 spiro atoms. The monoisotopic (exact) mass is 822 g/mol. The second kappa shape index (κ2) is 16.4. The maximum absolute atomic E-state index is 14.1. The van der Waals surface area contributed by atoms with E-state index in [1.165, 1.54) is 7.11 Å². The van der Waals surface area contributed by atoms with Crippen molar-refractivity contribution in [3.8, 4) is 28.1 Å². The van der Waals surface area contributed by atoms with Crippen LogP contribution < -0.4 is 15.4 Å². The molecule has 14 nitrogen and oxygen atoms in total. The van der Waals surface area contributed by atoms with Crippen LogP contribution in [0.3, 0.4) is 0 Å². The van der Waals surface area contributed by atoms with Crippen molar-refractivity contribution in [1.82, 2.24) is 40.4 Å². The van der Waals surface area contributed by atoms with E-state index in [0.717, 1.165) is 98.4 Å². The van der Waals surface area contributed by atoms with Crippen molar-refractivity contribution in [1.29, 1.82) is 0 Å². The van der Waals surface area contributed by atoms with Crippen LogP contribution in [-0.4, -0.2) is 79.8 Å². The summed E-state index contributed by atoms with van der Waals surface area (Å²) in [4.78, 5) is 72.9. The van der Waals surface area contributed by atoms with Crippen LogP contribution in [0.15, 0.2) is 79.0 Å². The van der Waals surface area contributed by atoms with Gasteiger partial charge < -0.3 is 39.9 Å². The van der Waals surface area contributed by atoms with Gasteiger partial charge in [-0.2, -0.15) is 0 Å². The molecular weight excluding hydrogens is 773 g/mol. The lowest BCUT2D eigenvalue weighted by atomic mass is 9.92. The number of nitrogens with zero attached hydrogens (tertiary/aromatic N) is 4. The maximum atomic E-state index is 14.1. The number of alkyl carbamates (subject to hydrolysis) is 1. The van der Waals surface area contributed by atoms with Crippen LogP contribution in [0.4, 0.5) is 4.79 Å². The molecule has 2 saturated heterocycles. The number of amides is 4. The average molecular weight is 823 g/mol. The molecular formula is C47H50N8O6. The lowest BCUT2D eigenvalue weighted by Gasteiger charge is -2.29. The van der Waals surface area contributed by atoms with Crippen LogP contribution in [0.2, 0.25) is 0 Å². The van der Waals surface area contributed by atoms with Crippen LogP contribution in [0, 0.1) is 5.92 Å². The molecule has 0 unspecified atom stereocenters. The Hall–Kier alpha value is -6.70. The molecule has 61 heavy (non-hydrogen) atoms. The van der Waals surface area contributed by atoms with Gasteiger partial charge in [0.15, 0.2) is 0 Å². The summed E-state index contributed by atoms with van der Waals surface area (Å²) in [7, 11) is 1.29. The first-order valence-corrected chi connectivity index (χ1v) is 21.2. The van der Waals surface area contributed by atoms with Crippen molar-refractivity contribution >= 4 is 45.6 Å². The number of rotatable bonds is 10. The summed E-state index contributed by atoms with van der Waals surface area (Å²) >= 11 is 0. The van der Waals surface area contributed by atoms with Gasteiger partial charge in [-0.15, -0.1) is 0 Å². The Kier molecular flexibility index (Phi) is 10.7. The molecule has 0 aliphatic carbocycles. The molecule has 0 bridgehead atoms. The Morgan fingerprint density at radius 1 is 0.869 bits per heavy atom. The molecule has 4 amide bonds. The van der Waals surface area contributed by atoms with Gasteiger partial charge in [0.05, 0.1) is 42.1 Å². The van der Waals surface area contributed by atoms with Gasteiger partial charge in [-0.05, 0) is 83.5 Å². The fraction of sp³-hybridized carbons (Fsp3) is 0.362. The van der Waals surface area contributed by atoms with E-state index in [2.05, 4.69) is 57.0 Å². The van der Waals surface area contributed by atoms with Gasteiger partial charge in [0.25, 0.3) is 0 Å². The third-order valence-corrected chi connectivity index (χ3v) is 12.4. The normalized spacial score (nSPS) is 18.1. The number of aromatic nitrogens is 4. The fourth-order valence-electron chi connectivity index (χ4n) is 9.15. The first-order valence-electron chi connectivity index (χ1n) is 21.2. The number of imidazole rings is 2. The topological polar surface area (TPSA) is 175 Å². The molecule has 2 aromatic heterocycles. The van der Waals surface area contributed by atoms with E-state index >= 15 is 0 Å². The Bertz CT molecular complexity index is 2650. The Morgan fingerprint density at radius 2 is 1.62 bits per heavy atom. The van der Waals surface area contributed by atoms with E-state index in [9.17, 15) is 19.2 Å². The largest absolute Gasteiger partial charge is 0.488 e. The van der Waals surface area contributed by atoms with Gasteiger partial charge in [-0.3, -0.25) is 14.4 Å². The summed E-state index contributed by atoms with van der Waals surface area (Å²) in [6.45, 7) is 7.13. The van der Waals surface area contributed by atoms with Crippen LogP contribution in [-0.2, 0) is 25.7 Å². The van der Waals surface area contributed by atoms with Gasteiger partial charge in [0.1, 0.15) is 36.1 Å². The van der Waals surface area contributed by atoms with Gasteiger partial charge in [-0.25, -0.2) is 14.8 Å². The Labute approximate surface area is 353 Å². The zero-order valence-electron chi connectivity index (χ0n) is 34.8. The highest BCUT2D eigenvalue weighted by molar-refractivity contribution is 6.07. The number of carbonyl (C=O) groups excluding carboxylic acids is 4. The Balaban J connectivity index is 0.954. The summed E-state index contributed by atoms with van der Waals surface area (Å²) in [5.41, 5.74) is 7.38. The number of methoxy groups -OCH3 is 1. The average Bonchev–Trinajstić information content (AvgIpc) is 4.13. The molecule has 9 rings (SSSR count). The highest BCUT2D eigenvalue weighted by Gasteiger charge is 2.39. The van der Waals surface area contributed by atoms with Crippen molar-refractivity contribution in [2.45, 2.75) is 83.6 Å². The highest BCUT2D eigenvalue weighted by Crippen LogP contribution is 2.43. The number of carbonyl (C=O) groups is 4. The first kappa shape index (κ1) is 39.7. The number of hydrogen-bond donors (Lipinski definition) is 4. The molecule has 4 aromatic carbocycles. The summed E-state index contributed by atoms with van der Waals surface area (Å²) in [6.07, 6.45) is 4.68. The van der Waals surface area contributed by atoms with Crippen molar-refractivity contribution in [3.05, 3.63) is 102 Å². The number of benzene rings is 4. The van der Waals surface area contributed by atoms with Gasteiger partial charge in [-0.1, -0.05) is 69.3 Å². The molecule has 314 valence electrons. The quantitative estimate of drug-likeness (QED) is 0.109. The highest BCUT2D eigenvalue weighted by atomic mass is 16.5. The predicted octanol–water partition coefficient (Wildman–Crippen LogP) is 7.64. The second-order valence-electron chi connectivity index (χ2n) is 16.5. The van der Waals surface area contributed by atoms with Crippen LogP contribution >= 0.6 is 0 Å². The number of aromatic amines is 2. The molecule has 5 heterocycles. The van der Waals surface area contributed by atoms with Crippen molar-refractivity contribution in [2.24, 2.45) is 5.92 Å². The molecule has 0 radical (unpaired) electrons. The lowest BCUT2D eigenvalue weighted by Crippen LogP contribution is -2.51. The minimum atomic E-state index is -0.769. The van der Waals surface area contributed by atoms with Gasteiger partial charge >= 0.3 is 6.09 Å².